The summed E-state index contributed by atoms with van der Waals surface area (Å²) < 4.78 is 15.5. The molecule has 0 aliphatic rings. The van der Waals surface area contributed by atoms with Crippen LogP contribution in [0.15, 0.2) is 42.5 Å². The number of nitriles is 1. The van der Waals surface area contributed by atoms with Crippen LogP contribution in [-0.2, 0) is 14.3 Å². The van der Waals surface area contributed by atoms with Crippen molar-refractivity contribution < 1.29 is 23.8 Å². The molecule has 0 radical (unpaired) electrons. The summed E-state index contributed by atoms with van der Waals surface area (Å²) in [6.07, 6.45) is -1.07. The number of methoxy groups -OCH3 is 1. The molecule has 0 aliphatic heterocycles. The molecule has 1 N–H and O–H groups in total. The van der Waals surface area contributed by atoms with Crippen molar-refractivity contribution in [3.8, 4) is 17.6 Å². The normalized spacial score (nSPS) is 11.0. The van der Waals surface area contributed by atoms with Crippen LogP contribution in [0.25, 0.3) is 0 Å². The van der Waals surface area contributed by atoms with Crippen LogP contribution < -0.4 is 14.8 Å². The Labute approximate surface area is 161 Å². The number of halogens is 1. The van der Waals surface area contributed by atoms with Crippen molar-refractivity contribution in [1.29, 1.82) is 5.26 Å². The minimum atomic E-state index is -1.07. The zero-order valence-electron chi connectivity index (χ0n) is 14.7. The van der Waals surface area contributed by atoms with Crippen LogP contribution in [0.2, 0.25) is 5.02 Å². The van der Waals surface area contributed by atoms with E-state index in [0.717, 1.165) is 0 Å². The summed E-state index contributed by atoms with van der Waals surface area (Å²) in [6, 6.07) is 13.2. The van der Waals surface area contributed by atoms with E-state index in [1.165, 1.54) is 20.1 Å². The van der Waals surface area contributed by atoms with E-state index in [1.54, 1.807) is 36.4 Å². The van der Waals surface area contributed by atoms with E-state index in [1.807, 2.05) is 6.07 Å². The highest BCUT2D eigenvalue weighted by molar-refractivity contribution is 6.31. The smallest absolute Gasteiger partial charge is 0.344 e. The van der Waals surface area contributed by atoms with Crippen molar-refractivity contribution in [3.63, 3.8) is 0 Å². The summed E-state index contributed by atoms with van der Waals surface area (Å²) in [5.41, 5.74) is 0.654. The van der Waals surface area contributed by atoms with E-state index in [-0.39, 0.29) is 5.75 Å². The third kappa shape index (κ3) is 5.62. The molecular formula is C19H17ClN2O5. The molecule has 7 nitrogen and oxygen atoms in total. The summed E-state index contributed by atoms with van der Waals surface area (Å²) in [4.78, 5) is 24.1. The topological polar surface area (TPSA) is 97.7 Å². The predicted octanol–water partition coefficient (Wildman–Crippen LogP) is 3.17. The van der Waals surface area contributed by atoms with Gasteiger partial charge in [0.1, 0.15) is 17.6 Å². The first-order chi connectivity index (χ1) is 12.9. The Morgan fingerprint density at radius 3 is 2.67 bits per heavy atom. The van der Waals surface area contributed by atoms with Gasteiger partial charge in [-0.25, -0.2) is 4.79 Å². The van der Waals surface area contributed by atoms with Crippen LogP contribution in [0.3, 0.4) is 0 Å². The zero-order chi connectivity index (χ0) is 19.8. The monoisotopic (exact) mass is 388 g/mol. The number of carbonyl (C=O) groups excluding carboxylic acids is 2. The van der Waals surface area contributed by atoms with Crippen molar-refractivity contribution >= 4 is 29.2 Å². The molecule has 1 amide bonds. The number of ether oxygens (including phenoxy) is 3. The number of carbonyl (C=O) groups is 2. The Kier molecular flexibility index (Phi) is 7.03. The standard InChI is InChI=1S/C19H17ClN2O5/c1-12(19(24)22-15-9-14(20)7-8-17(15)25-2)27-18(23)11-26-16-6-4-3-5-13(16)10-21/h3-9,12H,11H2,1-2H3,(H,22,24)/t12-/m1/s1. The number of amides is 1. The number of nitrogens with one attached hydrogen (secondary N) is 1. The molecule has 0 saturated heterocycles. The zero-order valence-corrected chi connectivity index (χ0v) is 15.4. The molecule has 2 rings (SSSR count). The Hall–Kier alpha value is -3.24. The van der Waals surface area contributed by atoms with Crippen LogP contribution in [0.5, 0.6) is 11.5 Å². The molecule has 8 heteroatoms. The predicted molar refractivity (Wildman–Crippen MR) is 98.8 cm³/mol. The first-order valence-electron chi connectivity index (χ1n) is 7.90. The van der Waals surface area contributed by atoms with Gasteiger partial charge in [0, 0.05) is 5.02 Å². The molecule has 0 aliphatic carbocycles. The van der Waals surface area contributed by atoms with E-state index in [4.69, 9.17) is 31.1 Å². The summed E-state index contributed by atoms with van der Waals surface area (Å²) in [5, 5.41) is 12.0. The van der Waals surface area contributed by atoms with Gasteiger partial charge in [-0.1, -0.05) is 23.7 Å². The molecule has 0 aromatic heterocycles. The number of anilines is 1. The highest BCUT2D eigenvalue weighted by Gasteiger charge is 2.20. The number of rotatable bonds is 7. The maximum Gasteiger partial charge on any atom is 0.344 e. The lowest BCUT2D eigenvalue weighted by atomic mass is 10.2. The average Bonchev–Trinajstić information content (AvgIpc) is 2.66. The number of nitrogens with zero attached hydrogens (tertiary/aromatic N) is 1. The Balaban J connectivity index is 1.91. The second kappa shape index (κ2) is 9.46. The lowest BCUT2D eigenvalue weighted by molar-refractivity contribution is -0.155. The highest BCUT2D eigenvalue weighted by Crippen LogP contribution is 2.27. The van der Waals surface area contributed by atoms with Gasteiger partial charge in [-0.3, -0.25) is 4.79 Å². The molecule has 0 saturated carbocycles. The van der Waals surface area contributed by atoms with E-state index >= 15 is 0 Å². The van der Waals surface area contributed by atoms with Gasteiger partial charge in [0.2, 0.25) is 0 Å². The summed E-state index contributed by atoms with van der Waals surface area (Å²) in [5.74, 6) is -0.620. The molecule has 0 spiro atoms. The average molecular weight is 389 g/mol. The summed E-state index contributed by atoms with van der Waals surface area (Å²) in [6.45, 7) is 0.990. The third-order valence-electron chi connectivity index (χ3n) is 3.45. The maximum absolute atomic E-state index is 12.2. The van der Waals surface area contributed by atoms with Crippen LogP contribution in [0.4, 0.5) is 5.69 Å². The van der Waals surface area contributed by atoms with Gasteiger partial charge in [0.25, 0.3) is 5.91 Å². The lowest BCUT2D eigenvalue weighted by Crippen LogP contribution is -2.31. The second-order valence-electron chi connectivity index (χ2n) is 5.36. The van der Waals surface area contributed by atoms with Gasteiger partial charge in [0.15, 0.2) is 12.7 Å². The van der Waals surface area contributed by atoms with E-state index in [9.17, 15) is 9.59 Å². The number of benzene rings is 2. The van der Waals surface area contributed by atoms with Gasteiger partial charge in [-0.2, -0.15) is 5.26 Å². The lowest BCUT2D eigenvalue weighted by Gasteiger charge is -2.15. The van der Waals surface area contributed by atoms with Crippen molar-refractivity contribution in [3.05, 3.63) is 53.1 Å². The summed E-state index contributed by atoms with van der Waals surface area (Å²) >= 11 is 5.91. The van der Waals surface area contributed by atoms with E-state index < -0.39 is 24.6 Å². The number of hydrogen-bond donors (Lipinski definition) is 1. The van der Waals surface area contributed by atoms with Crippen molar-refractivity contribution in [2.75, 3.05) is 19.0 Å². The van der Waals surface area contributed by atoms with Crippen LogP contribution in [-0.4, -0.2) is 31.7 Å². The van der Waals surface area contributed by atoms with Gasteiger partial charge in [0.05, 0.1) is 18.4 Å². The third-order valence-corrected chi connectivity index (χ3v) is 3.68. The Morgan fingerprint density at radius 2 is 1.96 bits per heavy atom. The molecule has 0 fully saturated rings. The fourth-order valence-electron chi connectivity index (χ4n) is 2.12. The number of para-hydroxylation sites is 1. The number of esters is 1. The van der Waals surface area contributed by atoms with Crippen molar-refractivity contribution in [1.82, 2.24) is 0 Å². The van der Waals surface area contributed by atoms with E-state index in [2.05, 4.69) is 5.32 Å². The fraction of sp³-hybridized carbons (Fsp3) is 0.211. The molecule has 0 bridgehead atoms. The molecule has 1 atom stereocenters. The molecular weight excluding hydrogens is 372 g/mol. The Morgan fingerprint density at radius 1 is 1.22 bits per heavy atom. The fourth-order valence-corrected chi connectivity index (χ4v) is 2.29. The quantitative estimate of drug-likeness (QED) is 0.731. The van der Waals surface area contributed by atoms with Crippen LogP contribution in [0.1, 0.15) is 12.5 Å². The second-order valence-corrected chi connectivity index (χ2v) is 5.80. The van der Waals surface area contributed by atoms with Crippen LogP contribution >= 0.6 is 11.6 Å². The van der Waals surface area contributed by atoms with Crippen molar-refractivity contribution in [2.45, 2.75) is 13.0 Å². The SMILES string of the molecule is COc1ccc(Cl)cc1NC(=O)[C@@H](C)OC(=O)COc1ccccc1C#N. The molecule has 0 heterocycles. The minimum Gasteiger partial charge on any atom is -0.495 e. The molecule has 27 heavy (non-hydrogen) atoms. The van der Waals surface area contributed by atoms with E-state index in [0.29, 0.717) is 22.0 Å². The minimum absolute atomic E-state index is 0.262. The molecule has 2 aromatic rings. The first kappa shape index (κ1) is 20.1. The molecule has 140 valence electrons. The number of hydrogen-bond acceptors (Lipinski definition) is 6. The summed E-state index contributed by atoms with van der Waals surface area (Å²) in [7, 11) is 1.46. The van der Waals surface area contributed by atoms with Gasteiger partial charge >= 0.3 is 5.97 Å². The van der Waals surface area contributed by atoms with Gasteiger partial charge in [-0.15, -0.1) is 0 Å². The van der Waals surface area contributed by atoms with Crippen LogP contribution in [0, 0.1) is 11.3 Å². The maximum atomic E-state index is 12.2. The molecule has 0 unspecified atom stereocenters. The van der Waals surface area contributed by atoms with Gasteiger partial charge < -0.3 is 19.5 Å². The first-order valence-corrected chi connectivity index (χ1v) is 8.28. The highest BCUT2D eigenvalue weighted by atomic mass is 35.5. The van der Waals surface area contributed by atoms with Crippen molar-refractivity contribution in [2.24, 2.45) is 0 Å². The Bertz CT molecular complexity index is 879. The largest absolute Gasteiger partial charge is 0.495 e. The van der Waals surface area contributed by atoms with Gasteiger partial charge in [-0.05, 0) is 37.3 Å². The molecule has 2 aromatic carbocycles.